The van der Waals surface area contributed by atoms with Gasteiger partial charge in [-0.2, -0.15) is 0 Å². The van der Waals surface area contributed by atoms with Crippen LogP contribution in [-0.2, 0) is 0 Å². The monoisotopic (exact) mass is 414 g/mol. The summed E-state index contributed by atoms with van der Waals surface area (Å²) in [5, 5.41) is 0.427. The maximum absolute atomic E-state index is 13.0. The zero-order chi connectivity index (χ0) is 21.6. The molecule has 0 unspecified atom stereocenters. The Morgan fingerprint density at radius 2 is 1.71 bits per heavy atom. The highest BCUT2D eigenvalue weighted by Gasteiger charge is 2.15. The van der Waals surface area contributed by atoms with E-state index < -0.39 is 0 Å². The third kappa shape index (κ3) is 4.78. The van der Waals surface area contributed by atoms with Crippen molar-refractivity contribution >= 4 is 17.0 Å². The molecule has 156 valence electrons. The second-order valence-electron chi connectivity index (χ2n) is 6.88. The van der Waals surface area contributed by atoms with Crippen LogP contribution in [0.4, 0.5) is 0 Å². The largest absolute Gasteiger partial charge is 0.497 e. The van der Waals surface area contributed by atoms with Gasteiger partial charge in [0.2, 0.25) is 11.2 Å². The minimum absolute atomic E-state index is 0.153. The van der Waals surface area contributed by atoms with Crippen LogP contribution in [0.2, 0.25) is 0 Å². The highest BCUT2D eigenvalue weighted by molar-refractivity contribution is 5.79. The first kappa shape index (κ1) is 20.3. The number of fused-ring (bicyclic) bond motifs is 1. The molecule has 5 heteroatoms. The molecule has 0 amide bonds. The third-order valence-electron chi connectivity index (χ3n) is 4.70. The van der Waals surface area contributed by atoms with E-state index in [0.717, 1.165) is 5.56 Å². The number of methoxy groups -OCH3 is 1. The van der Waals surface area contributed by atoms with Crippen LogP contribution in [-0.4, -0.2) is 13.7 Å². The van der Waals surface area contributed by atoms with Crippen molar-refractivity contribution in [2.75, 3.05) is 13.7 Å². The third-order valence-corrected chi connectivity index (χ3v) is 4.70. The molecule has 0 saturated heterocycles. The Labute approximate surface area is 180 Å². The van der Waals surface area contributed by atoms with Crippen molar-refractivity contribution in [2.24, 2.45) is 0 Å². The summed E-state index contributed by atoms with van der Waals surface area (Å²) in [6.45, 7) is 2.10. The molecule has 3 aromatic carbocycles. The predicted octanol–water partition coefficient (Wildman–Crippen LogP) is 5.99. The van der Waals surface area contributed by atoms with Crippen LogP contribution in [0.15, 0.2) is 88.1 Å². The molecule has 0 fully saturated rings. The molecule has 0 aliphatic rings. The number of benzene rings is 3. The average Bonchev–Trinajstić information content (AvgIpc) is 2.80. The molecule has 4 aromatic rings. The van der Waals surface area contributed by atoms with Crippen molar-refractivity contribution in [3.8, 4) is 23.0 Å². The number of hydrogen-bond acceptors (Lipinski definition) is 5. The standard InChI is InChI=1S/C26H22O5/c1-18-26(31-22-12-6-11-20(16-22)28-2)25(27)23-14-13-21(17-24(23)30-18)29-15-7-10-19-8-4-3-5-9-19/h3-14,16-17H,15H2,1-2H3/b10-7+. The minimum Gasteiger partial charge on any atom is -0.497 e. The van der Waals surface area contributed by atoms with E-state index in [9.17, 15) is 4.79 Å². The van der Waals surface area contributed by atoms with E-state index in [4.69, 9.17) is 18.6 Å². The SMILES string of the molecule is COc1cccc(Oc2c(C)oc3cc(OC/C=C/c4ccccc4)ccc3c2=O)c1. The molecule has 0 N–H and O–H groups in total. The molecule has 5 nitrogen and oxygen atoms in total. The van der Waals surface area contributed by atoms with Gasteiger partial charge in [-0.05, 0) is 42.8 Å². The van der Waals surface area contributed by atoms with Crippen molar-refractivity contribution in [1.82, 2.24) is 0 Å². The van der Waals surface area contributed by atoms with Crippen molar-refractivity contribution in [2.45, 2.75) is 6.92 Å². The Bertz CT molecular complexity index is 1270. The van der Waals surface area contributed by atoms with E-state index in [1.165, 1.54) is 0 Å². The molecule has 0 saturated carbocycles. The lowest BCUT2D eigenvalue weighted by Crippen LogP contribution is -2.07. The highest BCUT2D eigenvalue weighted by Crippen LogP contribution is 2.29. The zero-order valence-corrected chi connectivity index (χ0v) is 17.3. The zero-order valence-electron chi connectivity index (χ0n) is 17.3. The Morgan fingerprint density at radius 3 is 2.52 bits per heavy atom. The first-order valence-corrected chi connectivity index (χ1v) is 9.88. The van der Waals surface area contributed by atoms with E-state index in [0.29, 0.717) is 40.6 Å². The summed E-state index contributed by atoms with van der Waals surface area (Å²) in [6, 6.07) is 22.2. The summed E-state index contributed by atoms with van der Waals surface area (Å²) in [7, 11) is 1.58. The smallest absolute Gasteiger partial charge is 0.235 e. The fraction of sp³-hybridized carbons (Fsp3) is 0.115. The fourth-order valence-electron chi connectivity index (χ4n) is 3.15. The van der Waals surface area contributed by atoms with Crippen LogP contribution in [0, 0.1) is 6.92 Å². The number of rotatable bonds is 7. The number of aryl methyl sites for hydroxylation is 1. The van der Waals surface area contributed by atoms with E-state index in [2.05, 4.69) is 0 Å². The molecule has 4 rings (SSSR count). The van der Waals surface area contributed by atoms with E-state index in [1.807, 2.05) is 42.5 Å². The van der Waals surface area contributed by atoms with Crippen molar-refractivity contribution in [1.29, 1.82) is 0 Å². The first-order chi connectivity index (χ1) is 15.1. The lowest BCUT2D eigenvalue weighted by atomic mass is 10.2. The number of ether oxygens (including phenoxy) is 3. The molecule has 1 aromatic heterocycles. The maximum Gasteiger partial charge on any atom is 0.235 e. The van der Waals surface area contributed by atoms with Gasteiger partial charge in [-0.3, -0.25) is 4.79 Å². The van der Waals surface area contributed by atoms with Crippen LogP contribution < -0.4 is 19.6 Å². The lowest BCUT2D eigenvalue weighted by Gasteiger charge is -2.10. The normalized spacial score (nSPS) is 11.0. The average molecular weight is 414 g/mol. The Hall–Kier alpha value is -3.99. The molecule has 0 aliphatic carbocycles. The Morgan fingerprint density at radius 1 is 0.903 bits per heavy atom. The van der Waals surface area contributed by atoms with Crippen LogP contribution in [0.1, 0.15) is 11.3 Å². The van der Waals surface area contributed by atoms with Gasteiger partial charge < -0.3 is 18.6 Å². The molecule has 1 heterocycles. The van der Waals surface area contributed by atoms with Crippen LogP contribution in [0.5, 0.6) is 23.0 Å². The van der Waals surface area contributed by atoms with Crippen LogP contribution in [0.3, 0.4) is 0 Å². The van der Waals surface area contributed by atoms with Gasteiger partial charge in [0.1, 0.15) is 35.2 Å². The maximum atomic E-state index is 13.0. The van der Waals surface area contributed by atoms with Crippen molar-refractivity contribution in [3.05, 3.63) is 100 Å². The van der Waals surface area contributed by atoms with Gasteiger partial charge in [0, 0.05) is 12.1 Å². The second kappa shape index (κ2) is 9.22. The van der Waals surface area contributed by atoms with Gasteiger partial charge >= 0.3 is 0 Å². The van der Waals surface area contributed by atoms with Gasteiger partial charge in [0.05, 0.1) is 12.5 Å². The predicted molar refractivity (Wildman–Crippen MR) is 121 cm³/mol. The van der Waals surface area contributed by atoms with Gasteiger partial charge in [0.15, 0.2) is 0 Å². The lowest BCUT2D eigenvalue weighted by molar-refractivity contribution is 0.363. The highest BCUT2D eigenvalue weighted by atomic mass is 16.5. The van der Waals surface area contributed by atoms with Crippen LogP contribution >= 0.6 is 0 Å². The summed E-state index contributed by atoms with van der Waals surface area (Å²) < 4.78 is 22.7. The topological polar surface area (TPSA) is 57.9 Å². The quantitative estimate of drug-likeness (QED) is 0.371. The van der Waals surface area contributed by atoms with Gasteiger partial charge in [-0.15, -0.1) is 0 Å². The fourth-order valence-corrected chi connectivity index (χ4v) is 3.15. The molecule has 31 heavy (non-hydrogen) atoms. The minimum atomic E-state index is -0.239. The molecular formula is C26H22O5. The van der Waals surface area contributed by atoms with Gasteiger partial charge in [0.25, 0.3) is 0 Å². The Kier molecular flexibility index (Phi) is 6.03. The van der Waals surface area contributed by atoms with Gasteiger partial charge in [-0.25, -0.2) is 0 Å². The molecule has 0 aliphatic heterocycles. The molecule has 0 bridgehead atoms. The van der Waals surface area contributed by atoms with Crippen molar-refractivity contribution in [3.63, 3.8) is 0 Å². The summed E-state index contributed by atoms with van der Waals surface area (Å²) in [5.41, 5.74) is 1.32. The molecular weight excluding hydrogens is 392 g/mol. The van der Waals surface area contributed by atoms with Crippen molar-refractivity contribution < 1.29 is 18.6 Å². The van der Waals surface area contributed by atoms with E-state index in [-0.39, 0.29) is 11.2 Å². The first-order valence-electron chi connectivity index (χ1n) is 9.88. The Balaban J connectivity index is 1.53. The van der Waals surface area contributed by atoms with E-state index >= 15 is 0 Å². The summed E-state index contributed by atoms with van der Waals surface area (Å²) in [5.74, 6) is 2.30. The molecule has 0 radical (unpaired) electrons. The number of hydrogen-bond donors (Lipinski definition) is 0. The van der Waals surface area contributed by atoms with E-state index in [1.54, 1.807) is 56.5 Å². The summed E-state index contributed by atoms with van der Waals surface area (Å²) >= 11 is 0. The van der Waals surface area contributed by atoms with Crippen LogP contribution in [0.25, 0.3) is 17.0 Å². The molecule has 0 atom stereocenters. The summed E-state index contributed by atoms with van der Waals surface area (Å²) in [4.78, 5) is 13.0. The van der Waals surface area contributed by atoms with Gasteiger partial charge in [-0.1, -0.05) is 42.5 Å². The summed E-state index contributed by atoms with van der Waals surface area (Å²) in [6.07, 6.45) is 3.93. The molecule has 0 spiro atoms. The second-order valence-corrected chi connectivity index (χ2v) is 6.88.